The monoisotopic (exact) mass is 431 g/mol. The minimum absolute atomic E-state index is 0.0721. The topological polar surface area (TPSA) is 62.3 Å². The van der Waals surface area contributed by atoms with Crippen molar-refractivity contribution >= 4 is 34.0 Å². The number of hydrogen-bond donors (Lipinski definition) is 1. The van der Waals surface area contributed by atoms with Gasteiger partial charge in [0, 0.05) is 10.9 Å². The van der Waals surface area contributed by atoms with Crippen LogP contribution in [-0.4, -0.2) is 21.8 Å². The lowest BCUT2D eigenvalue weighted by atomic mass is 9.88. The van der Waals surface area contributed by atoms with E-state index in [1.165, 1.54) is 28.4 Å². The molecule has 1 atom stereocenters. The molecular weight excluding hydrogens is 413 g/mol. The first-order valence-corrected chi connectivity index (χ1v) is 10.7. The molecule has 0 radical (unpaired) electrons. The summed E-state index contributed by atoms with van der Waals surface area (Å²) in [5.74, 6) is -0.627. The molecule has 0 saturated carbocycles. The molecule has 31 heavy (non-hydrogen) atoms. The van der Waals surface area contributed by atoms with Crippen LogP contribution < -0.4 is 5.32 Å². The van der Waals surface area contributed by atoms with Crippen LogP contribution in [0.4, 0.5) is 9.18 Å². The average Bonchev–Trinajstić information content (AvgIpc) is 3.33. The van der Waals surface area contributed by atoms with Crippen LogP contribution in [0.2, 0.25) is 0 Å². The molecule has 2 heterocycles. The van der Waals surface area contributed by atoms with E-state index in [4.69, 9.17) is 0 Å². The number of rotatable bonds is 4. The van der Waals surface area contributed by atoms with E-state index in [1.807, 2.05) is 47.8 Å². The molecule has 3 aromatic carbocycles. The molecule has 1 fully saturated rings. The Morgan fingerprint density at radius 2 is 1.77 bits per heavy atom. The van der Waals surface area contributed by atoms with Crippen LogP contribution in [0.25, 0.3) is 21.3 Å². The number of nitrogens with one attached hydrogen (secondary N) is 1. The Labute approximate surface area is 182 Å². The smallest absolute Gasteiger partial charge is 0.319 e. The number of halogens is 1. The number of carbonyl (C=O) groups excluding carboxylic acids is 2. The summed E-state index contributed by atoms with van der Waals surface area (Å²) in [5.41, 5.74) is 0.996. The molecule has 1 saturated heterocycles. The van der Waals surface area contributed by atoms with Gasteiger partial charge in [0.1, 0.15) is 16.4 Å². The van der Waals surface area contributed by atoms with Crippen molar-refractivity contribution in [2.24, 2.45) is 0 Å². The third-order valence-corrected chi connectivity index (χ3v) is 6.51. The average molecular weight is 431 g/mol. The number of aromatic nitrogens is 1. The van der Waals surface area contributed by atoms with Gasteiger partial charge in [0.05, 0.1) is 12.2 Å². The van der Waals surface area contributed by atoms with Gasteiger partial charge in [-0.25, -0.2) is 14.2 Å². The molecule has 1 aliphatic rings. The van der Waals surface area contributed by atoms with E-state index >= 15 is 0 Å². The summed E-state index contributed by atoms with van der Waals surface area (Å²) >= 11 is 1.39. The molecule has 0 aliphatic carbocycles. The van der Waals surface area contributed by atoms with Crippen molar-refractivity contribution in [3.63, 3.8) is 0 Å². The highest BCUT2D eigenvalue weighted by Crippen LogP contribution is 2.35. The summed E-state index contributed by atoms with van der Waals surface area (Å²) in [6.07, 6.45) is 0. The van der Waals surface area contributed by atoms with Gasteiger partial charge in [-0.15, -0.1) is 11.3 Å². The Bertz CT molecular complexity index is 1310. The number of urea groups is 1. The fourth-order valence-electron chi connectivity index (χ4n) is 3.95. The summed E-state index contributed by atoms with van der Waals surface area (Å²) in [6.45, 7) is 1.81. The van der Waals surface area contributed by atoms with Crippen LogP contribution in [-0.2, 0) is 16.9 Å². The summed E-state index contributed by atoms with van der Waals surface area (Å²) < 4.78 is 13.2. The Kier molecular flexibility index (Phi) is 4.55. The molecule has 1 aliphatic heterocycles. The van der Waals surface area contributed by atoms with E-state index in [0.717, 1.165) is 21.9 Å². The van der Waals surface area contributed by atoms with Gasteiger partial charge in [-0.1, -0.05) is 42.5 Å². The van der Waals surface area contributed by atoms with E-state index in [-0.39, 0.29) is 18.3 Å². The highest BCUT2D eigenvalue weighted by Gasteiger charge is 2.49. The first-order valence-electron chi connectivity index (χ1n) is 9.78. The SMILES string of the molecule is CC1(c2cccc3ccccc23)NC(=O)N(Cc2csc(-c3ccc(F)cc3)n2)C1=O. The molecule has 0 spiro atoms. The second kappa shape index (κ2) is 7.28. The zero-order valence-electron chi connectivity index (χ0n) is 16.6. The zero-order chi connectivity index (χ0) is 21.6. The van der Waals surface area contributed by atoms with Gasteiger partial charge < -0.3 is 5.32 Å². The Morgan fingerprint density at radius 3 is 2.58 bits per heavy atom. The number of imide groups is 1. The van der Waals surface area contributed by atoms with E-state index in [1.54, 1.807) is 19.1 Å². The highest BCUT2D eigenvalue weighted by molar-refractivity contribution is 7.13. The minimum Gasteiger partial charge on any atom is -0.319 e. The van der Waals surface area contributed by atoms with Crippen LogP contribution in [0.15, 0.2) is 72.1 Å². The summed E-state index contributed by atoms with van der Waals surface area (Å²) in [7, 11) is 0. The van der Waals surface area contributed by atoms with E-state index in [2.05, 4.69) is 10.3 Å². The van der Waals surface area contributed by atoms with Crippen molar-refractivity contribution in [1.29, 1.82) is 0 Å². The Balaban J connectivity index is 1.44. The number of hydrogen-bond acceptors (Lipinski definition) is 4. The van der Waals surface area contributed by atoms with Crippen LogP contribution in [0.5, 0.6) is 0 Å². The molecule has 3 amide bonds. The first-order chi connectivity index (χ1) is 15.0. The quantitative estimate of drug-likeness (QED) is 0.459. The van der Waals surface area contributed by atoms with Crippen molar-refractivity contribution in [2.45, 2.75) is 19.0 Å². The van der Waals surface area contributed by atoms with Gasteiger partial charge in [-0.3, -0.25) is 9.69 Å². The van der Waals surface area contributed by atoms with Crippen LogP contribution in [0.3, 0.4) is 0 Å². The maximum absolute atomic E-state index is 13.4. The Hall–Kier alpha value is -3.58. The second-order valence-corrected chi connectivity index (χ2v) is 8.48. The third-order valence-electron chi connectivity index (χ3n) is 5.57. The predicted molar refractivity (Wildman–Crippen MR) is 118 cm³/mol. The number of amides is 3. The lowest BCUT2D eigenvalue weighted by Crippen LogP contribution is -2.41. The third kappa shape index (κ3) is 3.27. The lowest BCUT2D eigenvalue weighted by Gasteiger charge is -2.24. The van der Waals surface area contributed by atoms with Crippen molar-refractivity contribution in [2.75, 3.05) is 0 Å². The van der Waals surface area contributed by atoms with Crippen molar-refractivity contribution in [3.8, 4) is 10.6 Å². The van der Waals surface area contributed by atoms with Gasteiger partial charge in [0.2, 0.25) is 0 Å². The highest BCUT2D eigenvalue weighted by atomic mass is 32.1. The van der Waals surface area contributed by atoms with Gasteiger partial charge in [-0.05, 0) is 47.5 Å². The molecule has 154 valence electrons. The number of thiazole rings is 1. The van der Waals surface area contributed by atoms with Crippen LogP contribution >= 0.6 is 11.3 Å². The molecule has 1 unspecified atom stereocenters. The normalized spacial score (nSPS) is 18.6. The molecule has 0 bridgehead atoms. The van der Waals surface area contributed by atoms with Crippen LogP contribution in [0.1, 0.15) is 18.2 Å². The van der Waals surface area contributed by atoms with Crippen molar-refractivity contribution < 1.29 is 14.0 Å². The van der Waals surface area contributed by atoms with Gasteiger partial charge in [-0.2, -0.15) is 0 Å². The van der Waals surface area contributed by atoms with Gasteiger partial charge in [0.15, 0.2) is 0 Å². The van der Waals surface area contributed by atoms with Crippen molar-refractivity contribution in [3.05, 3.63) is 89.2 Å². The number of nitrogens with zero attached hydrogens (tertiary/aromatic N) is 2. The Morgan fingerprint density at radius 1 is 1.03 bits per heavy atom. The maximum Gasteiger partial charge on any atom is 0.325 e. The molecule has 1 aromatic heterocycles. The standard InChI is InChI=1S/C24H18FN3O2S/c1-24(20-8-4-6-15-5-2-3-7-19(15)20)22(29)28(23(30)27-24)13-18-14-31-21(26-18)16-9-11-17(25)12-10-16/h2-12,14H,13H2,1H3,(H,27,30). The largest absolute Gasteiger partial charge is 0.325 e. The molecular formula is C24H18FN3O2S. The lowest BCUT2D eigenvalue weighted by molar-refractivity contribution is -0.131. The first kappa shape index (κ1) is 19.4. The number of carbonyl (C=O) groups is 2. The minimum atomic E-state index is -1.16. The fourth-order valence-corrected chi connectivity index (χ4v) is 4.77. The molecule has 7 heteroatoms. The molecule has 5 rings (SSSR count). The maximum atomic E-state index is 13.4. The zero-order valence-corrected chi connectivity index (χ0v) is 17.4. The predicted octanol–water partition coefficient (Wildman–Crippen LogP) is 5.07. The summed E-state index contributed by atoms with van der Waals surface area (Å²) in [6, 6.07) is 19.2. The fraction of sp³-hybridized carbons (Fsp3) is 0.125. The number of benzene rings is 3. The van der Waals surface area contributed by atoms with E-state index in [0.29, 0.717) is 10.7 Å². The number of fused-ring (bicyclic) bond motifs is 1. The summed E-state index contributed by atoms with van der Waals surface area (Å²) in [4.78, 5) is 31.9. The van der Waals surface area contributed by atoms with E-state index in [9.17, 15) is 14.0 Å². The summed E-state index contributed by atoms with van der Waals surface area (Å²) in [5, 5.41) is 7.33. The van der Waals surface area contributed by atoms with Crippen molar-refractivity contribution in [1.82, 2.24) is 15.2 Å². The van der Waals surface area contributed by atoms with E-state index < -0.39 is 11.6 Å². The molecule has 4 aromatic rings. The van der Waals surface area contributed by atoms with Crippen LogP contribution in [0, 0.1) is 5.82 Å². The molecule has 5 nitrogen and oxygen atoms in total. The van der Waals surface area contributed by atoms with Gasteiger partial charge in [0.25, 0.3) is 5.91 Å². The van der Waals surface area contributed by atoms with Gasteiger partial charge >= 0.3 is 6.03 Å². The second-order valence-electron chi connectivity index (χ2n) is 7.62. The molecule has 1 N–H and O–H groups in total.